The number of hydrogen-bond acceptors (Lipinski definition) is 1. The summed E-state index contributed by atoms with van der Waals surface area (Å²) in [5, 5.41) is 7.42. The molecule has 9 fully saturated rings. The van der Waals surface area contributed by atoms with Crippen LogP contribution in [0.3, 0.4) is 0 Å². The van der Waals surface area contributed by atoms with Crippen LogP contribution in [-0.4, -0.2) is 11.1 Å². The highest BCUT2D eigenvalue weighted by atomic mass is 16.4. The van der Waals surface area contributed by atoms with Crippen LogP contribution in [0.25, 0.3) is 0 Å². The van der Waals surface area contributed by atoms with E-state index in [9.17, 15) is 0 Å². The van der Waals surface area contributed by atoms with Gasteiger partial charge >= 0.3 is 0 Å². The Hall–Kier alpha value is -0.530. The molecule has 0 radical (unpaired) electrons. The fraction of sp³-hybridized carbons (Fsp3) is 0.982. The molecule has 0 aromatic rings. The highest BCUT2D eigenvalue weighted by molar-refractivity contribution is 5.62. The standard InChI is InChI=1S/9C6H12.C2H4O2/c9*1-2-4-6-5-3-1;1-2(3)4/h9*1-6H2;1H3,(H,3,4). The van der Waals surface area contributed by atoms with Crippen LogP contribution in [0.5, 0.6) is 0 Å². The van der Waals surface area contributed by atoms with E-state index < -0.39 is 5.97 Å². The summed E-state index contributed by atoms with van der Waals surface area (Å²) in [5.74, 6) is -0.833. The first-order valence-electron chi connectivity index (χ1n) is 27.9. The van der Waals surface area contributed by atoms with Crippen LogP contribution in [0.4, 0.5) is 0 Å². The number of carboxylic acids is 1. The Labute approximate surface area is 368 Å². The predicted octanol–water partition coefficient (Wildman–Crippen LogP) is 21.2. The first-order chi connectivity index (χ1) is 28.7. The van der Waals surface area contributed by atoms with E-state index in [4.69, 9.17) is 9.90 Å². The summed E-state index contributed by atoms with van der Waals surface area (Å²) in [5.41, 5.74) is 0. The Morgan fingerprint density at radius 3 is 0.207 bits per heavy atom. The number of hydrogen-bond donors (Lipinski definition) is 1. The van der Waals surface area contributed by atoms with Gasteiger partial charge in [-0.1, -0.05) is 347 Å². The van der Waals surface area contributed by atoms with E-state index in [0.717, 1.165) is 6.92 Å². The van der Waals surface area contributed by atoms with Crippen LogP contribution in [0.1, 0.15) is 354 Å². The lowest BCUT2D eigenvalue weighted by molar-refractivity contribution is -0.134. The molecule has 0 heterocycles. The second-order valence-electron chi connectivity index (χ2n) is 19.6. The summed E-state index contributed by atoms with van der Waals surface area (Å²) in [7, 11) is 0. The minimum atomic E-state index is -0.833. The normalized spacial score (nSPS) is 22.8. The zero-order valence-corrected chi connectivity index (χ0v) is 40.5. The Morgan fingerprint density at radius 1 is 0.172 bits per heavy atom. The van der Waals surface area contributed by atoms with Crippen molar-refractivity contribution in [1.29, 1.82) is 0 Å². The molecule has 0 aliphatic heterocycles. The molecule has 0 bridgehead atoms. The summed E-state index contributed by atoms with van der Waals surface area (Å²) in [6.07, 6.45) is 81.0. The second-order valence-corrected chi connectivity index (χ2v) is 19.6. The number of aliphatic carboxylic acids is 1. The van der Waals surface area contributed by atoms with Gasteiger partial charge in [-0.15, -0.1) is 0 Å². The van der Waals surface area contributed by atoms with Crippen LogP contribution in [0, 0.1) is 0 Å². The van der Waals surface area contributed by atoms with E-state index in [-0.39, 0.29) is 0 Å². The van der Waals surface area contributed by atoms with Gasteiger partial charge in [-0.05, 0) is 0 Å². The Bertz CT molecular complexity index is 403. The van der Waals surface area contributed by atoms with Gasteiger partial charge in [0.1, 0.15) is 0 Å². The Balaban J connectivity index is 0.000000624. The molecule has 9 aliphatic rings. The maximum atomic E-state index is 9.00. The molecular weight excluding hydrogens is 705 g/mol. The van der Waals surface area contributed by atoms with Crippen molar-refractivity contribution in [2.75, 3.05) is 0 Å². The van der Waals surface area contributed by atoms with E-state index in [1.807, 2.05) is 0 Å². The fourth-order valence-electron chi connectivity index (χ4n) is 9.55. The van der Waals surface area contributed by atoms with Gasteiger partial charge in [-0.3, -0.25) is 4.79 Å². The third kappa shape index (κ3) is 57.6. The molecule has 0 unspecified atom stereocenters. The van der Waals surface area contributed by atoms with Crippen molar-refractivity contribution >= 4 is 5.97 Å². The fourth-order valence-corrected chi connectivity index (χ4v) is 9.55. The summed E-state index contributed by atoms with van der Waals surface area (Å²) < 4.78 is 0. The van der Waals surface area contributed by atoms with Gasteiger partial charge in [-0.25, -0.2) is 0 Å². The van der Waals surface area contributed by atoms with Gasteiger partial charge in [0.15, 0.2) is 0 Å². The van der Waals surface area contributed by atoms with Gasteiger partial charge in [0, 0.05) is 6.92 Å². The molecule has 0 atom stereocenters. The molecule has 348 valence electrons. The van der Waals surface area contributed by atoms with Crippen molar-refractivity contribution in [1.82, 2.24) is 0 Å². The first-order valence-corrected chi connectivity index (χ1v) is 27.9. The summed E-state index contributed by atoms with van der Waals surface area (Å²) in [4.78, 5) is 9.00. The Morgan fingerprint density at radius 2 is 0.190 bits per heavy atom. The van der Waals surface area contributed by atoms with Crippen LogP contribution >= 0.6 is 0 Å². The smallest absolute Gasteiger partial charge is 0.300 e. The van der Waals surface area contributed by atoms with Crippen molar-refractivity contribution in [2.45, 2.75) is 354 Å². The highest BCUT2D eigenvalue weighted by Gasteiger charge is 2.00. The SMILES string of the molecule is C1CCCCC1.C1CCCCC1.C1CCCCC1.C1CCCCC1.C1CCCCC1.C1CCCCC1.C1CCCCC1.C1CCCCC1.C1CCCCC1.CC(=O)O. The van der Waals surface area contributed by atoms with Crippen LogP contribution in [0.2, 0.25) is 0 Å². The molecule has 0 spiro atoms. The maximum absolute atomic E-state index is 9.00. The molecule has 0 aromatic heterocycles. The molecule has 0 aromatic carbocycles. The van der Waals surface area contributed by atoms with E-state index >= 15 is 0 Å². The predicted molar refractivity (Wildman–Crippen MR) is 263 cm³/mol. The zero-order chi connectivity index (χ0) is 41.8. The number of rotatable bonds is 0. The lowest BCUT2D eigenvalue weighted by atomic mass is 10.0. The number of carbonyl (C=O) groups is 1. The maximum Gasteiger partial charge on any atom is 0.300 e. The third-order valence-electron chi connectivity index (χ3n) is 13.5. The van der Waals surface area contributed by atoms with Crippen molar-refractivity contribution in [3.63, 3.8) is 0 Å². The topological polar surface area (TPSA) is 37.3 Å². The minimum absolute atomic E-state index is 0.833. The highest BCUT2D eigenvalue weighted by Crippen LogP contribution is 2.20. The average Bonchev–Trinajstić information content (AvgIpc) is 3.35. The summed E-state index contributed by atoms with van der Waals surface area (Å²) in [6.45, 7) is 1.08. The van der Waals surface area contributed by atoms with Gasteiger partial charge in [0.2, 0.25) is 0 Å². The molecule has 58 heavy (non-hydrogen) atoms. The summed E-state index contributed by atoms with van der Waals surface area (Å²) in [6, 6.07) is 0. The largest absolute Gasteiger partial charge is 0.481 e. The van der Waals surface area contributed by atoms with Gasteiger partial charge in [0.25, 0.3) is 5.97 Å². The van der Waals surface area contributed by atoms with Crippen molar-refractivity contribution in [3.8, 4) is 0 Å². The summed E-state index contributed by atoms with van der Waals surface area (Å²) >= 11 is 0. The Kier molecular flexibility index (Phi) is 54.0. The molecule has 0 saturated heterocycles. The first kappa shape index (κ1) is 57.5. The third-order valence-corrected chi connectivity index (χ3v) is 13.5. The molecular formula is C56H112O2. The van der Waals surface area contributed by atoms with Crippen molar-refractivity contribution < 1.29 is 9.90 Å². The quantitative estimate of drug-likeness (QED) is 0.264. The molecule has 0 amide bonds. The molecule has 9 rings (SSSR count). The zero-order valence-electron chi connectivity index (χ0n) is 40.5. The number of carboxylic acid groups (broad SMARTS) is 1. The molecule has 9 saturated carbocycles. The lowest BCUT2D eigenvalue weighted by Crippen LogP contribution is -1.85. The molecule has 1 N–H and O–H groups in total. The van der Waals surface area contributed by atoms with Crippen molar-refractivity contribution in [3.05, 3.63) is 0 Å². The van der Waals surface area contributed by atoms with Gasteiger partial charge < -0.3 is 5.11 Å². The van der Waals surface area contributed by atoms with Gasteiger partial charge in [0.05, 0.1) is 0 Å². The molecule has 2 nitrogen and oxygen atoms in total. The molecule has 9 aliphatic carbocycles. The van der Waals surface area contributed by atoms with Gasteiger partial charge in [-0.2, -0.15) is 0 Å². The van der Waals surface area contributed by atoms with Crippen LogP contribution in [0.15, 0.2) is 0 Å². The van der Waals surface area contributed by atoms with E-state index in [2.05, 4.69) is 0 Å². The molecule has 2 heteroatoms. The van der Waals surface area contributed by atoms with E-state index in [0.29, 0.717) is 0 Å². The second kappa shape index (κ2) is 54.5. The average molecular weight is 818 g/mol. The van der Waals surface area contributed by atoms with Crippen LogP contribution < -0.4 is 0 Å². The van der Waals surface area contributed by atoms with E-state index in [1.54, 1.807) is 0 Å². The van der Waals surface area contributed by atoms with Crippen LogP contribution in [-0.2, 0) is 4.79 Å². The van der Waals surface area contributed by atoms with E-state index in [1.165, 1.54) is 347 Å². The van der Waals surface area contributed by atoms with Crippen molar-refractivity contribution in [2.24, 2.45) is 0 Å². The minimum Gasteiger partial charge on any atom is -0.481 e. The lowest BCUT2D eigenvalue weighted by Gasteiger charge is -2.05. The monoisotopic (exact) mass is 817 g/mol.